The highest BCUT2D eigenvalue weighted by Crippen LogP contribution is 2.44. The molecule has 1 aromatic heterocycles. The predicted octanol–water partition coefficient (Wildman–Crippen LogP) is 5.24. The molecule has 3 aromatic rings. The van der Waals surface area contributed by atoms with Crippen molar-refractivity contribution >= 4 is 33.3 Å². The van der Waals surface area contributed by atoms with Crippen LogP contribution < -0.4 is 0 Å². The Labute approximate surface area is 173 Å². The molecular formula is C23H19N3O2S. The number of hydrogen-bond donors (Lipinski definition) is 1. The molecule has 1 saturated heterocycles. The van der Waals surface area contributed by atoms with Gasteiger partial charge in [0.25, 0.3) is 0 Å². The zero-order valence-electron chi connectivity index (χ0n) is 15.8. The van der Waals surface area contributed by atoms with E-state index in [1.807, 2.05) is 61.5 Å². The minimum absolute atomic E-state index is 0.0936. The van der Waals surface area contributed by atoms with Gasteiger partial charge in [-0.25, -0.2) is 4.99 Å². The van der Waals surface area contributed by atoms with Gasteiger partial charge in [-0.15, -0.1) is 0 Å². The minimum Gasteiger partial charge on any atom is -0.410 e. The first-order valence-electron chi connectivity index (χ1n) is 9.21. The molecule has 144 valence electrons. The van der Waals surface area contributed by atoms with Crippen LogP contribution in [0.5, 0.6) is 0 Å². The number of nitrogens with zero attached hydrogens (tertiary/aromatic N) is 3. The van der Waals surface area contributed by atoms with E-state index < -0.39 is 11.8 Å². The molecule has 0 spiro atoms. The van der Waals surface area contributed by atoms with Crippen LogP contribution in [0.4, 0.5) is 5.69 Å². The molecule has 0 radical (unpaired) electrons. The van der Waals surface area contributed by atoms with Gasteiger partial charge >= 0.3 is 0 Å². The molecule has 2 aromatic carbocycles. The van der Waals surface area contributed by atoms with Crippen LogP contribution >= 0.6 is 11.8 Å². The number of carbonyl (C=O) groups is 1. The second-order valence-corrected chi connectivity index (χ2v) is 7.84. The second-order valence-electron chi connectivity index (χ2n) is 6.80. The van der Waals surface area contributed by atoms with Crippen LogP contribution in [0.2, 0.25) is 0 Å². The van der Waals surface area contributed by atoms with Crippen molar-refractivity contribution in [1.82, 2.24) is 4.98 Å². The number of thioether (sulfide) groups is 1. The average Bonchev–Trinajstić information content (AvgIpc) is 3.14. The lowest BCUT2D eigenvalue weighted by Crippen LogP contribution is -2.25. The Kier molecular flexibility index (Phi) is 5.53. The zero-order chi connectivity index (χ0) is 20.2. The number of Topliss-reactive ketones (excluding diaryl/α,β-unsaturated/α-hetero) is 1. The third-order valence-electron chi connectivity index (χ3n) is 4.83. The summed E-state index contributed by atoms with van der Waals surface area (Å²) >= 11 is 1.25. The van der Waals surface area contributed by atoms with E-state index in [1.165, 1.54) is 11.8 Å². The number of benzene rings is 2. The first-order chi connectivity index (χ1) is 14.2. The van der Waals surface area contributed by atoms with Gasteiger partial charge in [0.05, 0.1) is 22.6 Å². The Morgan fingerprint density at radius 1 is 1.00 bits per heavy atom. The second kappa shape index (κ2) is 8.41. The summed E-state index contributed by atoms with van der Waals surface area (Å²) < 4.78 is 0. The molecular weight excluding hydrogens is 382 g/mol. The molecule has 2 atom stereocenters. The first-order valence-corrected chi connectivity index (χ1v) is 10.0. The van der Waals surface area contributed by atoms with Crippen molar-refractivity contribution in [3.8, 4) is 0 Å². The van der Waals surface area contributed by atoms with Gasteiger partial charge in [0, 0.05) is 18.0 Å². The average molecular weight is 401 g/mol. The summed E-state index contributed by atoms with van der Waals surface area (Å²) in [6.45, 7) is 2.01. The van der Waals surface area contributed by atoms with Gasteiger partial charge in [-0.3, -0.25) is 9.78 Å². The number of aromatic nitrogens is 1. The van der Waals surface area contributed by atoms with E-state index in [9.17, 15) is 10.0 Å². The van der Waals surface area contributed by atoms with E-state index in [0.717, 1.165) is 16.8 Å². The van der Waals surface area contributed by atoms with Crippen molar-refractivity contribution < 1.29 is 10.0 Å². The Hall–Kier alpha value is -3.25. The molecule has 5 nitrogen and oxygen atoms in total. The van der Waals surface area contributed by atoms with Crippen LogP contribution in [-0.4, -0.2) is 26.1 Å². The van der Waals surface area contributed by atoms with Gasteiger partial charge in [-0.1, -0.05) is 64.9 Å². The van der Waals surface area contributed by atoms with Crippen molar-refractivity contribution in [1.29, 1.82) is 0 Å². The molecule has 4 rings (SSSR count). The molecule has 2 heterocycles. The predicted molar refractivity (Wildman–Crippen MR) is 116 cm³/mol. The van der Waals surface area contributed by atoms with Crippen LogP contribution in [0.15, 0.2) is 89.3 Å². The highest BCUT2D eigenvalue weighted by molar-refractivity contribution is 8.27. The molecule has 0 aliphatic carbocycles. The number of carbonyl (C=O) groups excluding carboxylic acids is 1. The van der Waals surface area contributed by atoms with E-state index in [-0.39, 0.29) is 5.78 Å². The third-order valence-corrected chi connectivity index (χ3v) is 5.93. The number of ketones is 1. The maximum atomic E-state index is 13.5. The maximum Gasteiger partial charge on any atom is 0.175 e. The molecule has 0 amide bonds. The summed E-state index contributed by atoms with van der Waals surface area (Å²) in [6.07, 6.45) is 3.20. The van der Waals surface area contributed by atoms with Gasteiger partial charge in [-0.2, -0.15) is 0 Å². The first kappa shape index (κ1) is 19.1. The largest absolute Gasteiger partial charge is 0.410 e. The highest BCUT2D eigenvalue weighted by Gasteiger charge is 2.45. The highest BCUT2D eigenvalue weighted by atomic mass is 32.2. The van der Waals surface area contributed by atoms with Crippen LogP contribution in [0, 0.1) is 12.8 Å². The standard InChI is InChI=1S/C23H19N3O2S/c1-15-9-11-18(12-10-15)25-22-20(21(27)17-8-5-13-24-14-17)19(23(26-28)29-22)16-6-3-2-4-7-16/h2-14,19-20,28H,1H3. The SMILES string of the molecule is Cc1ccc(N=C2SC(=NO)C(c3ccccc3)C2C(=O)c2cccnc2)cc1. The lowest BCUT2D eigenvalue weighted by atomic mass is 9.83. The Balaban J connectivity index is 1.83. The normalized spacial score (nSPS) is 21.6. The molecule has 1 aliphatic heterocycles. The lowest BCUT2D eigenvalue weighted by Gasteiger charge is -2.18. The minimum atomic E-state index is -0.584. The van der Waals surface area contributed by atoms with E-state index in [1.54, 1.807) is 24.5 Å². The quantitative estimate of drug-likeness (QED) is 0.369. The van der Waals surface area contributed by atoms with Crippen molar-refractivity contribution in [2.24, 2.45) is 16.1 Å². The Morgan fingerprint density at radius 2 is 1.76 bits per heavy atom. The fourth-order valence-electron chi connectivity index (χ4n) is 3.39. The van der Waals surface area contributed by atoms with Gasteiger partial charge < -0.3 is 5.21 Å². The van der Waals surface area contributed by atoms with E-state index >= 15 is 0 Å². The molecule has 6 heteroatoms. The van der Waals surface area contributed by atoms with E-state index in [0.29, 0.717) is 15.7 Å². The fraction of sp³-hybridized carbons (Fsp3) is 0.130. The summed E-state index contributed by atoms with van der Waals surface area (Å²) in [5, 5.41) is 14.3. The zero-order valence-corrected chi connectivity index (χ0v) is 16.6. The van der Waals surface area contributed by atoms with Gasteiger partial charge in [0.1, 0.15) is 5.04 Å². The molecule has 0 bridgehead atoms. The monoisotopic (exact) mass is 401 g/mol. The summed E-state index contributed by atoms with van der Waals surface area (Å²) in [5.41, 5.74) is 3.31. The summed E-state index contributed by atoms with van der Waals surface area (Å²) in [5.74, 6) is -1.08. The smallest absolute Gasteiger partial charge is 0.175 e. The Morgan fingerprint density at radius 3 is 2.41 bits per heavy atom. The third kappa shape index (κ3) is 3.98. The van der Waals surface area contributed by atoms with Crippen LogP contribution in [-0.2, 0) is 0 Å². The number of rotatable bonds is 4. The van der Waals surface area contributed by atoms with Crippen LogP contribution in [0.1, 0.15) is 27.4 Å². The molecule has 1 aliphatic rings. The van der Waals surface area contributed by atoms with E-state index in [2.05, 4.69) is 10.1 Å². The van der Waals surface area contributed by atoms with Crippen molar-refractivity contribution in [3.05, 3.63) is 95.8 Å². The lowest BCUT2D eigenvalue weighted by molar-refractivity contribution is 0.0952. The number of aryl methyl sites for hydroxylation is 1. The van der Waals surface area contributed by atoms with Crippen molar-refractivity contribution in [2.75, 3.05) is 0 Å². The van der Waals surface area contributed by atoms with Crippen molar-refractivity contribution in [2.45, 2.75) is 12.8 Å². The maximum absolute atomic E-state index is 13.5. The van der Waals surface area contributed by atoms with Crippen LogP contribution in [0.3, 0.4) is 0 Å². The number of hydrogen-bond acceptors (Lipinski definition) is 6. The summed E-state index contributed by atoms with van der Waals surface area (Å²) in [6, 6.07) is 20.9. The van der Waals surface area contributed by atoms with E-state index in [4.69, 9.17) is 4.99 Å². The number of pyridine rings is 1. The Bertz CT molecular complexity index is 1060. The van der Waals surface area contributed by atoms with Gasteiger partial charge in [-0.05, 0) is 36.8 Å². The topological polar surface area (TPSA) is 74.9 Å². The molecule has 1 fully saturated rings. The summed E-state index contributed by atoms with van der Waals surface area (Å²) in [4.78, 5) is 22.3. The molecule has 1 N–H and O–H groups in total. The fourth-order valence-corrected chi connectivity index (χ4v) is 4.56. The summed E-state index contributed by atoms with van der Waals surface area (Å²) in [7, 11) is 0. The van der Waals surface area contributed by atoms with Crippen LogP contribution in [0.25, 0.3) is 0 Å². The van der Waals surface area contributed by atoms with Crippen molar-refractivity contribution in [3.63, 3.8) is 0 Å². The number of oxime groups is 1. The molecule has 29 heavy (non-hydrogen) atoms. The van der Waals surface area contributed by atoms with Gasteiger partial charge in [0.2, 0.25) is 0 Å². The van der Waals surface area contributed by atoms with Gasteiger partial charge in [0.15, 0.2) is 5.78 Å². The molecule has 0 saturated carbocycles. The molecule has 2 unspecified atom stereocenters. The number of aliphatic imine (C=N–C) groups is 1.